The van der Waals surface area contributed by atoms with Gasteiger partial charge in [0.05, 0.1) is 6.20 Å². The van der Waals surface area contributed by atoms with Crippen molar-refractivity contribution in [1.29, 1.82) is 0 Å². The van der Waals surface area contributed by atoms with Crippen molar-refractivity contribution in [1.82, 2.24) is 19.9 Å². The minimum absolute atomic E-state index is 0.159. The number of hydrogen-bond donors (Lipinski definition) is 2. The number of aromatic nitrogens is 4. The van der Waals surface area contributed by atoms with Crippen LogP contribution in [-0.2, 0) is 0 Å². The number of anilines is 1. The van der Waals surface area contributed by atoms with Crippen molar-refractivity contribution in [3.63, 3.8) is 0 Å². The second kappa shape index (κ2) is 4.52. The molecule has 0 aromatic carbocycles. The van der Waals surface area contributed by atoms with E-state index in [1.54, 1.807) is 6.92 Å². The Labute approximate surface area is 96.0 Å². The van der Waals surface area contributed by atoms with Crippen LogP contribution in [0.5, 0.6) is 0 Å². The van der Waals surface area contributed by atoms with Crippen molar-refractivity contribution in [2.45, 2.75) is 6.92 Å². The zero-order valence-electron chi connectivity index (χ0n) is 8.97. The molecule has 0 unspecified atom stereocenters. The van der Waals surface area contributed by atoms with Crippen molar-refractivity contribution in [3.8, 4) is 0 Å². The Balaban J connectivity index is 2.22. The quantitative estimate of drug-likeness (QED) is 0.764. The molecule has 17 heavy (non-hydrogen) atoms. The maximum absolute atomic E-state index is 11.7. The molecule has 7 nitrogen and oxygen atoms in total. The average molecular weight is 231 g/mol. The summed E-state index contributed by atoms with van der Waals surface area (Å²) in [5.41, 5.74) is -0.167. The summed E-state index contributed by atoms with van der Waals surface area (Å²) in [6.45, 7) is 1.62. The van der Waals surface area contributed by atoms with Gasteiger partial charge in [0.2, 0.25) is 0 Å². The average Bonchev–Trinajstić information content (AvgIpc) is 2.28. The number of hydrogen-bond acceptors (Lipinski definition) is 5. The molecule has 86 valence electrons. The highest BCUT2D eigenvalue weighted by atomic mass is 16.2. The van der Waals surface area contributed by atoms with Gasteiger partial charge in [0.15, 0.2) is 0 Å². The van der Waals surface area contributed by atoms with E-state index in [9.17, 15) is 9.59 Å². The first-order chi connectivity index (χ1) is 8.15. The Bertz CT molecular complexity index is 593. The summed E-state index contributed by atoms with van der Waals surface area (Å²) in [4.78, 5) is 36.9. The van der Waals surface area contributed by atoms with Gasteiger partial charge < -0.3 is 10.3 Å². The van der Waals surface area contributed by atoms with E-state index in [2.05, 4.69) is 25.3 Å². The SMILES string of the molecule is Cc1nc(NC(=O)c2cnccn2)cc(=O)[nH]1. The molecule has 2 aromatic rings. The molecule has 0 aliphatic heterocycles. The third-order valence-electron chi connectivity index (χ3n) is 1.90. The van der Waals surface area contributed by atoms with E-state index in [4.69, 9.17) is 0 Å². The van der Waals surface area contributed by atoms with Gasteiger partial charge in [-0.1, -0.05) is 0 Å². The van der Waals surface area contributed by atoms with Crippen LogP contribution in [-0.4, -0.2) is 25.8 Å². The molecule has 7 heteroatoms. The number of H-pyrrole nitrogens is 1. The molecule has 2 rings (SSSR count). The molecule has 0 spiro atoms. The molecule has 2 N–H and O–H groups in total. The van der Waals surface area contributed by atoms with Crippen LogP contribution in [0, 0.1) is 6.92 Å². The van der Waals surface area contributed by atoms with Gasteiger partial charge in [-0.15, -0.1) is 0 Å². The Morgan fingerprint density at radius 2 is 2.24 bits per heavy atom. The van der Waals surface area contributed by atoms with Crippen molar-refractivity contribution >= 4 is 11.7 Å². The van der Waals surface area contributed by atoms with Crippen LogP contribution < -0.4 is 10.9 Å². The van der Waals surface area contributed by atoms with Gasteiger partial charge in [-0.2, -0.15) is 0 Å². The molecule has 2 aromatic heterocycles. The van der Waals surface area contributed by atoms with Gasteiger partial charge in [-0.25, -0.2) is 9.97 Å². The maximum atomic E-state index is 11.7. The topological polar surface area (TPSA) is 101 Å². The first-order valence-electron chi connectivity index (χ1n) is 4.80. The number of carbonyl (C=O) groups excluding carboxylic acids is 1. The summed E-state index contributed by atoms with van der Waals surface area (Å²) in [6.07, 6.45) is 4.20. The number of aryl methyl sites for hydroxylation is 1. The Morgan fingerprint density at radius 1 is 1.41 bits per heavy atom. The van der Waals surface area contributed by atoms with E-state index in [0.29, 0.717) is 5.82 Å². The molecule has 0 saturated carbocycles. The van der Waals surface area contributed by atoms with Gasteiger partial charge in [-0.3, -0.25) is 14.6 Å². The number of carbonyl (C=O) groups is 1. The number of amides is 1. The second-order valence-corrected chi connectivity index (χ2v) is 3.26. The summed E-state index contributed by atoms with van der Waals surface area (Å²) in [5, 5.41) is 2.47. The second-order valence-electron chi connectivity index (χ2n) is 3.26. The van der Waals surface area contributed by atoms with Crippen LogP contribution >= 0.6 is 0 Å². The number of rotatable bonds is 2. The van der Waals surface area contributed by atoms with Crippen LogP contribution in [0.4, 0.5) is 5.82 Å². The van der Waals surface area contributed by atoms with Crippen LogP contribution in [0.1, 0.15) is 16.3 Å². The number of nitrogens with zero attached hydrogens (tertiary/aromatic N) is 3. The minimum atomic E-state index is -0.462. The molecule has 0 radical (unpaired) electrons. The third-order valence-corrected chi connectivity index (χ3v) is 1.90. The lowest BCUT2D eigenvalue weighted by molar-refractivity contribution is 0.102. The summed E-state index contributed by atoms with van der Waals surface area (Å²) >= 11 is 0. The number of aromatic amines is 1. The fraction of sp³-hybridized carbons (Fsp3) is 0.100. The monoisotopic (exact) mass is 231 g/mol. The first kappa shape index (κ1) is 10.9. The first-order valence-corrected chi connectivity index (χ1v) is 4.80. The Morgan fingerprint density at radius 3 is 2.88 bits per heavy atom. The highest BCUT2D eigenvalue weighted by molar-refractivity contribution is 6.01. The summed E-state index contributed by atoms with van der Waals surface area (Å²) < 4.78 is 0. The van der Waals surface area contributed by atoms with E-state index >= 15 is 0 Å². The van der Waals surface area contributed by atoms with Crippen LogP contribution in [0.25, 0.3) is 0 Å². The molecule has 0 aliphatic carbocycles. The Kier molecular flexibility index (Phi) is 2.91. The fourth-order valence-electron chi connectivity index (χ4n) is 1.24. The largest absolute Gasteiger partial charge is 0.311 e. The number of nitrogens with one attached hydrogen (secondary N) is 2. The van der Waals surface area contributed by atoms with Crippen molar-refractivity contribution in [2.75, 3.05) is 5.32 Å². The van der Waals surface area contributed by atoms with Gasteiger partial charge in [0.1, 0.15) is 17.3 Å². The Hall–Kier alpha value is -2.57. The van der Waals surface area contributed by atoms with E-state index in [1.807, 2.05) is 0 Å². The van der Waals surface area contributed by atoms with Crippen LogP contribution in [0.2, 0.25) is 0 Å². The summed E-state index contributed by atoms with van der Waals surface area (Å²) in [5.74, 6) is 0.143. The lowest BCUT2D eigenvalue weighted by Crippen LogP contribution is -2.18. The molecule has 0 saturated heterocycles. The standard InChI is InChI=1S/C10H9N5O2/c1-6-13-8(4-9(16)14-6)15-10(17)7-5-11-2-3-12-7/h2-5H,1H3,(H2,13,14,15,16,17). The predicted molar refractivity (Wildman–Crippen MR) is 59.6 cm³/mol. The zero-order valence-corrected chi connectivity index (χ0v) is 8.97. The van der Waals surface area contributed by atoms with E-state index < -0.39 is 5.91 Å². The lowest BCUT2D eigenvalue weighted by Gasteiger charge is -2.03. The van der Waals surface area contributed by atoms with Crippen LogP contribution in [0.3, 0.4) is 0 Å². The van der Waals surface area contributed by atoms with Crippen molar-refractivity contribution in [2.24, 2.45) is 0 Å². The lowest BCUT2D eigenvalue weighted by atomic mass is 10.4. The molecule has 2 heterocycles. The molecule has 1 amide bonds. The van der Waals surface area contributed by atoms with E-state index in [0.717, 1.165) is 0 Å². The smallest absolute Gasteiger partial charge is 0.277 e. The van der Waals surface area contributed by atoms with E-state index in [1.165, 1.54) is 24.7 Å². The fourth-order valence-corrected chi connectivity index (χ4v) is 1.24. The van der Waals surface area contributed by atoms with Crippen LogP contribution in [0.15, 0.2) is 29.5 Å². The normalized spacial score (nSPS) is 9.94. The molecule has 0 aliphatic rings. The van der Waals surface area contributed by atoms with Gasteiger partial charge in [-0.05, 0) is 6.92 Å². The van der Waals surface area contributed by atoms with Gasteiger partial charge in [0.25, 0.3) is 11.5 Å². The molecular weight excluding hydrogens is 222 g/mol. The highest BCUT2D eigenvalue weighted by Gasteiger charge is 2.08. The van der Waals surface area contributed by atoms with Gasteiger partial charge in [0, 0.05) is 18.5 Å². The maximum Gasteiger partial charge on any atom is 0.277 e. The summed E-state index contributed by atoms with van der Waals surface area (Å²) in [6, 6.07) is 1.20. The molecule has 0 bridgehead atoms. The van der Waals surface area contributed by atoms with Gasteiger partial charge >= 0.3 is 0 Å². The molecular formula is C10H9N5O2. The van der Waals surface area contributed by atoms with E-state index in [-0.39, 0.29) is 17.1 Å². The summed E-state index contributed by atoms with van der Waals surface area (Å²) in [7, 11) is 0. The third kappa shape index (κ3) is 2.71. The minimum Gasteiger partial charge on any atom is -0.311 e. The highest BCUT2D eigenvalue weighted by Crippen LogP contribution is 2.01. The van der Waals surface area contributed by atoms with Crippen molar-refractivity contribution < 1.29 is 4.79 Å². The van der Waals surface area contributed by atoms with Crippen molar-refractivity contribution in [3.05, 3.63) is 46.5 Å². The molecule has 0 fully saturated rings. The predicted octanol–water partition coefficient (Wildman–Crippen LogP) is 0.121. The zero-order chi connectivity index (χ0) is 12.3. The molecule has 0 atom stereocenters.